The van der Waals surface area contributed by atoms with Crippen LogP contribution in [0.15, 0.2) is 12.2 Å². The predicted octanol–water partition coefficient (Wildman–Crippen LogP) is 5.83. The third-order valence-corrected chi connectivity index (χ3v) is 8.88. The van der Waals surface area contributed by atoms with Gasteiger partial charge in [0, 0.05) is 12.3 Å². The van der Waals surface area contributed by atoms with Crippen LogP contribution in [-0.2, 0) is 0 Å². The fourth-order valence-corrected chi connectivity index (χ4v) is 7.80. The zero-order valence-electron chi connectivity index (χ0n) is 16.0. The molecule has 1 N–H and O–H groups in total. The van der Waals surface area contributed by atoms with Crippen LogP contribution in [0.2, 0.25) is 0 Å². The summed E-state index contributed by atoms with van der Waals surface area (Å²) in [4.78, 5) is 0. The molecule has 0 saturated heterocycles. The molecule has 25 heavy (non-hydrogen) atoms. The number of hydrogen-bond acceptors (Lipinski definition) is 1. The standard InChI is InChI=1S/C22H34F2O/c1-13(2)17-5-6-18-16-11-22(23,24)19-12-20(3,25)9-7-15(19)14(16)8-10-21(17,18)4/h14-19,25H,1,5-12H2,2-4H3/t14-,15-,16-,17-,18+,19-,20+,21-/m1/s1. The molecule has 1 nitrogen and oxygen atoms in total. The molecule has 0 spiro atoms. The minimum atomic E-state index is -2.62. The van der Waals surface area contributed by atoms with Crippen LogP contribution < -0.4 is 0 Å². The summed E-state index contributed by atoms with van der Waals surface area (Å²) in [6.45, 7) is 10.4. The topological polar surface area (TPSA) is 20.2 Å². The van der Waals surface area contributed by atoms with E-state index in [2.05, 4.69) is 20.4 Å². The molecule has 0 amide bonds. The van der Waals surface area contributed by atoms with Crippen LogP contribution in [0.3, 0.4) is 0 Å². The SMILES string of the molecule is C=C(C)[C@H]1CC[C@H]2[C@@H]3CC(F)(F)[C@@H]4C[C@@](C)(O)CC[C@@H]4[C@H]3CC[C@]12C. The minimum absolute atomic E-state index is 0.0537. The number of alkyl halides is 2. The fourth-order valence-electron chi connectivity index (χ4n) is 7.80. The van der Waals surface area contributed by atoms with Crippen molar-refractivity contribution in [2.24, 2.45) is 40.9 Å². The van der Waals surface area contributed by atoms with Crippen LogP contribution in [0.5, 0.6) is 0 Å². The van der Waals surface area contributed by atoms with Gasteiger partial charge < -0.3 is 5.11 Å². The van der Waals surface area contributed by atoms with Crippen molar-refractivity contribution >= 4 is 0 Å². The molecule has 3 heteroatoms. The molecule has 0 unspecified atom stereocenters. The summed E-state index contributed by atoms with van der Waals surface area (Å²) in [5.74, 6) is -1.55. The van der Waals surface area contributed by atoms with Gasteiger partial charge in [0.05, 0.1) is 5.60 Å². The van der Waals surface area contributed by atoms with Gasteiger partial charge in [0.1, 0.15) is 0 Å². The summed E-state index contributed by atoms with van der Waals surface area (Å²) in [5.41, 5.74) is 0.521. The normalized spacial score (nSPS) is 54.3. The van der Waals surface area contributed by atoms with Crippen molar-refractivity contribution < 1.29 is 13.9 Å². The van der Waals surface area contributed by atoms with Crippen LogP contribution in [0, 0.1) is 40.9 Å². The van der Waals surface area contributed by atoms with Crippen molar-refractivity contribution in [3.63, 3.8) is 0 Å². The van der Waals surface area contributed by atoms with Crippen LogP contribution in [0.1, 0.15) is 72.1 Å². The van der Waals surface area contributed by atoms with Crippen molar-refractivity contribution in [3.05, 3.63) is 12.2 Å². The van der Waals surface area contributed by atoms with E-state index in [1.807, 2.05) is 0 Å². The highest BCUT2D eigenvalue weighted by molar-refractivity contribution is 5.15. The first kappa shape index (κ1) is 17.9. The van der Waals surface area contributed by atoms with Crippen molar-refractivity contribution in [1.82, 2.24) is 0 Å². The maximum absolute atomic E-state index is 15.2. The second kappa shape index (κ2) is 5.53. The van der Waals surface area contributed by atoms with E-state index in [9.17, 15) is 5.11 Å². The van der Waals surface area contributed by atoms with E-state index in [1.165, 1.54) is 12.0 Å². The molecule has 0 aliphatic heterocycles. The van der Waals surface area contributed by atoms with Gasteiger partial charge in [-0.05, 0) is 93.8 Å². The molecule has 0 radical (unpaired) electrons. The fraction of sp³-hybridized carbons (Fsp3) is 0.909. The molecule has 0 bridgehead atoms. The molecule has 4 saturated carbocycles. The van der Waals surface area contributed by atoms with Crippen molar-refractivity contribution in [3.8, 4) is 0 Å². The zero-order chi connectivity index (χ0) is 18.2. The van der Waals surface area contributed by atoms with E-state index in [-0.39, 0.29) is 30.1 Å². The molecular formula is C22H34F2O. The molecule has 8 atom stereocenters. The first-order chi connectivity index (χ1) is 11.6. The molecule has 142 valence electrons. The number of hydrogen-bond donors (Lipinski definition) is 1. The maximum Gasteiger partial charge on any atom is 0.251 e. The number of aliphatic hydroxyl groups is 1. The lowest BCUT2D eigenvalue weighted by atomic mass is 9.48. The summed E-state index contributed by atoms with van der Waals surface area (Å²) < 4.78 is 30.3. The molecule has 4 rings (SSSR count). The molecule has 0 aromatic heterocycles. The van der Waals surface area contributed by atoms with Crippen molar-refractivity contribution in [2.45, 2.75) is 83.7 Å². The first-order valence-electron chi connectivity index (χ1n) is 10.3. The Balaban J connectivity index is 1.64. The average molecular weight is 353 g/mol. The van der Waals surface area contributed by atoms with Gasteiger partial charge in [-0.25, -0.2) is 8.78 Å². The number of rotatable bonds is 1. The zero-order valence-corrected chi connectivity index (χ0v) is 16.0. The Morgan fingerprint density at radius 1 is 0.920 bits per heavy atom. The third kappa shape index (κ3) is 2.63. The van der Waals surface area contributed by atoms with E-state index in [4.69, 9.17) is 0 Å². The lowest BCUT2D eigenvalue weighted by Gasteiger charge is -2.58. The highest BCUT2D eigenvalue weighted by Gasteiger charge is 2.63. The molecule has 0 heterocycles. The van der Waals surface area contributed by atoms with Gasteiger partial charge in [0.25, 0.3) is 5.92 Å². The van der Waals surface area contributed by atoms with Crippen LogP contribution in [0.25, 0.3) is 0 Å². The van der Waals surface area contributed by atoms with Crippen LogP contribution in [-0.4, -0.2) is 16.6 Å². The Hall–Kier alpha value is -0.440. The summed E-state index contributed by atoms with van der Waals surface area (Å²) in [5, 5.41) is 10.4. The van der Waals surface area contributed by atoms with Gasteiger partial charge in [-0.15, -0.1) is 0 Å². The lowest BCUT2D eigenvalue weighted by molar-refractivity contribution is -0.209. The average Bonchev–Trinajstić information content (AvgIpc) is 2.84. The van der Waals surface area contributed by atoms with E-state index < -0.39 is 17.4 Å². The van der Waals surface area contributed by atoms with Crippen LogP contribution in [0.4, 0.5) is 8.78 Å². The van der Waals surface area contributed by atoms with E-state index in [0.717, 1.165) is 25.7 Å². The third-order valence-electron chi connectivity index (χ3n) is 8.88. The summed E-state index contributed by atoms with van der Waals surface area (Å²) in [6, 6.07) is 0. The Morgan fingerprint density at radius 3 is 2.28 bits per heavy atom. The number of halogens is 2. The van der Waals surface area contributed by atoms with E-state index in [1.54, 1.807) is 6.92 Å². The molecular weight excluding hydrogens is 318 g/mol. The predicted molar refractivity (Wildman–Crippen MR) is 96.4 cm³/mol. The van der Waals surface area contributed by atoms with Crippen LogP contribution >= 0.6 is 0 Å². The summed E-state index contributed by atoms with van der Waals surface area (Å²) in [7, 11) is 0. The quantitative estimate of drug-likeness (QED) is 0.589. The second-order valence-corrected chi connectivity index (χ2v) is 10.4. The Labute approximate surface area is 151 Å². The first-order valence-corrected chi connectivity index (χ1v) is 10.3. The van der Waals surface area contributed by atoms with Crippen molar-refractivity contribution in [2.75, 3.05) is 0 Å². The summed E-state index contributed by atoms with van der Waals surface area (Å²) >= 11 is 0. The minimum Gasteiger partial charge on any atom is -0.390 e. The van der Waals surface area contributed by atoms with Gasteiger partial charge >= 0.3 is 0 Å². The van der Waals surface area contributed by atoms with Gasteiger partial charge in [0.15, 0.2) is 0 Å². The second-order valence-electron chi connectivity index (χ2n) is 10.4. The van der Waals surface area contributed by atoms with Gasteiger partial charge in [-0.1, -0.05) is 19.1 Å². The van der Waals surface area contributed by atoms with Crippen molar-refractivity contribution in [1.29, 1.82) is 0 Å². The Bertz CT molecular complexity index is 568. The highest BCUT2D eigenvalue weighted by atomic mass is 19.3. The number of fused-ring (bicyclic) bond motifs is 5. The molecule has 4 aliphatic rings. The van der Waals surface area contributed by atoms with Gasteiger partial charge in [0.2, 0.25) is 0 Å². The number of allylic oxidation sites excluding steroid dienone is 1. The molecule has 0 aromatic rings. The summed E-state index contributed by atoms with van der Waals surface area (Å²) in [6.07, 6.45) is 6.30. The van der Waals surface area contributed by atoms with E-state index >= 15 is 8.78 Å². The lowest BCUT2D eigenvalue weighted by Crippen LogP contribution is -2.57. The van der Waals surface area contributed by atoms with E-state index in [0.29, 0.717) is 24.2 Å². The maximum atomic E-state index is 15.2. The smallest absolute Gasteiger partial charge is 0.251 e. The Kier molecular flexibility index (Phi) is 3.97. The highest BCUT2D eigenvalue weighted by Crippen LogP contribution is 2.67. The molecule has 4 aliphatic carbocycles. The van der Waals surface area contributed by atoms with Gasteiger partial charge in [-0.2, -0.15) is 0 Å². The molecule has 4 fully saturated rings. The molecule has 0 aromatic carbocycles. The monoisotopic (exact) mass is 352 g/mol. The van der Waals surface area contributed by atoms with Gasteiger partial charge in [-0.3, -0.25) is 0 Å². The Morgan fingerprint density at radius 2 is 1.60 bits per heavy atom. The largest absolute Gasteiger partial charge is 0.390 e.